The maximum absolute atomic E-state index is 2.28. The lowest BCUT2D eigenvalue weighted by Gasteiger charge is -2.30. The van der Waals surface area contributed by atoms with E-state index in [0.717, 1.165) is 0 Å². The van der Waals surface area contributed by atoms with Crippen LogP contribution in [0.25, 0.3) is 0 Å². The van der Waals surface area contributed by atoms with Crippen LogP contribution < -0.4 is 0 Å². The molecule has 0 bridgehead atoms. The SMILES string of the molecule is CC(C)(C)C1=CSC=C(C(C)(C)C)S1. The van der Waals surface area contributed by atoms with E-state index in [-0.39, 0.29) is 10.8 Å². The van der Waals surface area contributed by atoms with E-state index in [2.05, 4.69) is 52.4 Å². The highest BCUT2D eigenvalue weighted by Gasteiger charge is 2.26. The minimum Gasteiger partial charge on any atom is -0.104 e. The van der Waals surface area contributed by atoms with Gasteiger partial charge < -0.3 is 0 Å². The minimum absolute atomic E-state index is 0.280. The first kappa shape index (κ1) is 12.3. The Bertz CT molecular complexity index is 244. The van der Waals surface area contributed by atoms with Gasteiger partial charge in [0, 0.05) is 9.81 Å². The van der Waals surface area contributed by atoms with Crippen LogP contribution in [0.15, 0.2) is 20.6 Å². The highest BCUT2D eigenvalue weighted by molar-refractivity contribution is 8.12. The molecule has 0 aliphatic carbocycles. The van der Waals surface area contributed by atoms with Gasteiger partial charge in [-0.2, -0.15) is 0 Å². The van der Waals surface area contributed by atoms with Crippen molar-refractivity contribution in [2.75, 3.05) is 0 Å². The number of thioether (sulfide) groups is 2. The van der Waals surface area contributed by atoms with Crippen LogP contribution in [-0.4, -0.2) is 0 Å². The Hall–Kier alpha value is 0.180. The Morgan fingerprint density at radius 1 is 0.786 bits per heavy atom. The van der Waals surface area contributed by atoms with E-state index in [1.165, 1.54) is 9.81 Å². The van der Waals surface area contributed by atoms with Gasteiger partial charge in [-0.1, -0.05) is 53.3 Å². The second kappa shape index (κ2) is 3.97. The topological polar surface area (TPSA) is 0 Å². The predicted molar refractivity (Wildman–Crippen MR) is 70.3 cm³/mol. The van der Waals surface area contributed by atoms with Crippen LogP contribution >= 0.6 is 23.5 Å². The standard InChI is InChI=1S/C12H20S2/c1-11(2,3)9-7-13-8-10(14-9)12(4,5)6/h7-8H,1-6H3. The monoisotopic (exact) mass is 228 g/mol. The summed E-state index contributed by atoms with van der Waals surface area (Å²) in [5, 5.41) is 4.56. The van der Waals surface area contributed by atoms with E-state index in [0.29, 0.717) is 0 Å². The Morgan fingerprint density at radius 3 is 1.43 bits per heavy atom. The molecule has 0 aromatic carbocycles. The first-order chi connectivity index (χ1) is 6.21. The molecule has 1 rings (SSSR count). The highest BCUT2D eigenvalue weighted by Crippen LogP contribution is 2.49. The van der Waals surface area contributed by atoms with Crippen molar-refractivity contribution in [3.63, 3.8) is 0 Å². The van der Waals surface area contributed by atoms with Gasteiger partial charge in [0.1, 0.15) is 0 Å². The summed E-state index contributed by atoms with van der Waals surface area (Å²) in [6, 6.07) is 0. The molecule has 0 amide bonds. The Morgan fingerprint density at radius 2 is 1.14 bits per heavy atom. The fourth-order valence-corrected chi connectivity index (χ4v) is 3.57. The molecule has 1 heterocycles. The molecule has 0 atom stereocenters. The molecule has 0 saturated carbocycles. The predicted octanol–water partition coefficient (Wildman–Crippen LogP) is 5.24. The zero-order valence-corrected chi connectivity index (χ0v) is 11.6. The average molecular weight is 228 g/mol. The van der Waals surface area contributed by atoms with Gasteiger partial charge in [-0.25, -0.2) is 0 Å². The third-order valence-electron chi connectivity index (χ3n) is 2.05. The van der Waals surface area contributed by atoms with Crippen molar-refractivity contribution in [1.29, 1.82) is 0 Å². The fraction of sp³-hybridized carbons (Fsp3) is 0.667. The molecule has 0 aromatic heterocycles. The van der Waals surface area contributed by atoms with E-state index >= 15 is 0 Å². The van der Waals surface area contributed by atoms with Gasteiger partial charge in [0.25, 0.3) is 0 Å². The highest BCUT2D eigenvalue weighted by atomic mass is 32.2. The van der Waals surface area contributed by atoms with E-state index in [4.69, 9.17) is 0 Å². The molecule has 0 unspecified atom stereocenters. The molecular formula is C12H20S2. The van der Waals surface area contributed by atoms with Gasteiger partial charge in [0.2, 0.25) is 0 Å². The summed E-state index contributed by atoms with van der Waals surface area (Å²) in [4.78, 5) is 2.96. The summed E-state index contributed by atoms with van der Waals surface area (Å²) < 4.78 is 0. The van der Waals surface area contributed by atoms with Crippen LogP contribution in [0, 0.1) is 10.8 Å². The van der Waals surface area contributed by atoms with E-state index < -0.39 is 0 Å². The lowest BCUT2D eigenvalue weighted by Crippen LogP contribution is -2.13. The molecule has 0 radical (unpaired) electrons. The summed E-state index contributed by atoms with van der Waals surface area (Å²) in [6.07, 6.45) is 0. The smallest absolute Gasteiger partial charge is 0.00147 e. The molecule has 0 N–H and O–H groups in total. The lowest BCUT2D eigenvalue weighted by molar-refractivity contribution is 0.524. The van der Waals surface area contributed by atoms with Crippen molar-refractivity contribution in [3.8, 4) is 0 Å². The first-order valence-corrected chi connectivity index (χ1v) is 6.72. The third-order valence-corrected chi connectivity index (χ3v) is 4.99. The number of hydrogen-bond acceptors (Lipinski definition) is 2. The van der Waals surface area contributed by atoms with Crippen LogP contribution in [0.3, 0.4) is 0 Å². The maximum atomic E-state index is 2.28. The molecule has 0 spiro atoms. The Kier molecular flexibility index (Phi) is 3.48. The van der Waals surface area contributed by atoms with Gasteiger partial charge in [-0.15, -0.1) is 11.8 Å². The molecule has 14 heavy (non-hydrogen) atoms. The molecule has 0 aromatic rings. The third kappa shape index (κ3) is 3.09. The molecule has 1 aliphatic rings. The molecule has 1 aliphatic heterocycles. The summed E-state index contributed by atoms with van der Waals surface area (Å²) in [7, 11) is 0. The van der Waals surface area contributed by atoms with Crippen LogP contribution in [0.1, 0.15) is 41.5 Å². The Labute approximate surface area is 96.6 Å². The van der Waals surface area contributed by atoms with Crippen molar-refractivity contribution in [2.45, 2.75) is 41.5 Å². The van der Waals surface area contributed by atoms with Gasteiger partial charge in [0.15, 0.2) is 0 Å². The van der Waals surface area contributed by atoms with Gasteiger partial charge >= 0.3 is 0 Å². The molecule has 0 nitrogen and oxygen atoms in total. The normalized spacial score (nSPS) is 19.0. The molecule has 2 heteroatoms. The summed E-state index contributed by atoms with van der Waals surface area (Å²) in [5.41, 5.74) is 0.560. The van der Waals surface area contributed by atoms with Crippen molar-refractivity contribution in [3.05, 3.63) is 20.6 Å². The molecule has 80 valence electrons. The first-order valence-electron chi connectivity index (χ1n) is 4.96. The minimum atomic E-state index is 0.280. The van der Waals surface area contributed by atoms with Crippen LogP contribution in [-0.2, 0) is 0 Å². The lowest BCUT2D eigenvalue weighted by atomic mass is 9.96. The van der Waals surface area contributed by atoms with Crippen molar-refractivity contribution >= 4 is 23.5 Å². The van der Waals surface area contributed by atoms with Gasteiger partial charge in [-0.05, 0) is 21.6 Å². The molecular weight excluding hydrogens is 208 g/mol. The summed E-state index contributed by atoms with van der Waals surface area (Å²) in [6.45, 7) is 13.7. The fourth-order valence-electron chi connectivity index (χ4n) is 0.984. The van der Waals surface area contributed by atoms with Crippen LogP contribution in [0.5, 0.6) is 0 Å². The number of hydrogen-bond donors (Lipinski definition) is 0. The summed E-state index contributed by atoms with van der Waals surface area (Å²) in [5.74, 6) is 0. The van der Waals surface area contributed by atoms with Crippen molar-refractivity contribution in [2.24, 2.45) is 10.8 Å². The van der Waals surface area contributed by atoms with E-state index in [9.17, 15) is 0 Å². The maximum Gasteiger partial charge on any atom is 0.00147 e. The molecule has 0 fully saturated rings. The average Bonchev–Trinajstić information content (AvgIpc) is 2.01. The van der Waals surface area contributed by atoms with Crippen LogP contribution in [0.4, 0.5) is 0 Å². The largest absolute Gasteiger partial charge is 0.104 e. The number of rotatable bonds is 0. The quantitative estimate of drug-likeness (QED) is 0.556. The zero-order valence-electron chi connectivity index (χ0n) is 9.97. The molecule has 0 saturated heterocycles. The van der Waals surface area contributed by atoms with Crippen molar-refractivity contribution < 1.29 is 0 Å². The second-order valence-corrected chi connectivity index (χ2v) is 7.53. The van der Waals surface area contributed by atoms with Gasteiger partial charge in [0.05, 0.1) is 0 Å². The van der Waals surface area contributed by atoms with E-state index in [1.54, 1.807) is 0 Å². The van der Waals surface area contributed by atoms with Gasteiger partial charge in [-0.3, -0.25) is 0 Å². The second-order valence-electron chi connectivity index (χ2n) is 5.70. The van der Waals surface area contributed by atoms with E-state index in [1.807, 2.05) is 23.5 Å². The number of allylic oxidation sites excluding steroid dienone is 2. The van der Waals surface area contributed by atoms with Crippen LogP contribution in [0.2, 0.25) is 0 Å². The van der Waals surface area contributed by atoms with Crippen molar-refractivity contribution in [1.82, 2.24) is 0 Å². The Balaban J connectivity index is 2.79. The zero-order chi connectivity index (χ0) is 11.0. The summed E-state index contributed by atoms with van der Waals surface area (Å²) >= 11 is 3.77.